The van der Waals surface area contributed by atoms with Gasteiger partial charge in [0, 0.05) is 5.69 Å². The van der Waals surface area contributed by atoms with E-state index < -0.39 is 5.51 Å². The normalized spacial score (nSPS) is 10.5. The number of benzene rings is 1. The van der Waals surface area contributed by atoms with Gasteiger partial charge in [0.2, 0.25) is 0 Å². The number of halogens is 4. The summed E-state index contributed by atoms with van der Waals surface area (Å²) in [5.41, 5.74) is -1.30. The first-order valence-corrected chi connectivity index (χ1v) is 4.20. The molecule has 0 heterocycles. The SMILES string of the molecule is Cl.FC(F)(F)SNNc1ccccc1. The lowest BCUT2D eigenvalue weighted by molar-refractivity contribution is -0.0334. The molecule has 0 aromatic heterocycles. The Bertz CT molecular complexity index is 255. The van der Waals surface area contributed by atoms with E-state index in [0.29, 0.717) is 5.69 Å². The lowest BCUT2D eigenvalue weighted by Gasteiger charge is -2.08. The van der Waals surface area contributed by atoms with E-state index in [0.717, 1.165) is 0 Å². The zero-order valence-electron chi connectivity index (χ0n) is 6.84. The minimum absolute atomic E-state index is 0. The number of hydrogen-bond donors (Lipinski definition) is 2. The van der Waals surface area contributed by atoms with Crippen LogP contribution in [0.25, 0.3) is 0 Å². The highest BCUT2D eigenvalue weighted by atomic mass is 35.5. The third-order valence-electron chi connectivity index (χ3n) is 1.14. The van der Waals surface area contributed by atoms with Crippen LogP contribution < -0.4 is 10.3 Å². The number of anilines is 1. The van der Waals surface area contributed by atoms with Crippen LogP contribution in [-0.2, 0) is 0 Å². The van der Waals surface area contributed by atoms with E-state index in [4.69, 9.17) is 0 Å². The van der Waals surface area contributed by atoms with E-state index in [2.05, 4.69) is 5.43 Å². The van der Waals surface area contributed by atoms with E-state index in [-0.39, 0.29) is 24.4 Å². The van der Waals surface area contributed by atoms with Gasteiger partial charge >= 0.3 is 5.51 Å². The van der Waals surface area contributed by atoms with Gasteiger partial charge < -0.3 is 5.43 Å². The average Bonchev–Trinajstić information content (AvgIpc) is 2.04. The summed E-state index contributed by atoms with van der Waals surface area (Å²) in [5, 5.41) is 0. The van der Waals surface area contributed by atoms with Crippen molar-refractivity contribution in [1.29, 1.82) is 0 Å². The first-order valence-electron chi connectivity index (χ1n) is 3.39. The fraction of sp³-hybridized carbons (Fsp3) is 0.143. The second-order valence-corrected chi connectivity index (χ2v) is 3.01. The van der Waals surface area contributed by atoms with Crippen molar-refractivity contribution in [3.8, 4) is 0 Å². The van der Waals surface area contributed by atoms with Crippen molar-refractivity contribution in [2.75, 3.05) is 5.43 Å². The minimum atomic E-state index is -4.28. The first-order chi connectivity index (χ1) is 6.08. The summed E-state index contributed by atoms with van der Waals surface area (Å²) in [5.74, 6) is 0. The van der Waals surface area contributed by atoms with Gasteiger partial charge in [0.05, 0.1) is 11.9 Å². The summed E-state index contributed by atoms with van der Waals surface area (Å²) in [6.45, 7) is 0. The molecule has 14 heavy (non-hydrogen) atoms. The maximum absolute atomic E-state index is 11.6. The van der Waals surface area contributed by atoms with Crippen molar-refractivity contribution in [1.82, 2.24) is 4.83 Å². The summed E-state index contributed by atoms with van der Waals surface area (Å²) < 4.78 is 34.9. The fourth-order valence-corrected chi connectivity index (χ4v) is 0.948. The van der Waals surface area contributed by atoms with Crippen molar-refractivity contribution >= 4 is 30.0 Å². The lowest BCUT2D eigenvalue weighted by Crippen LogP contribution is -2.18. The predicted octanol–water partition coefficient (Wildman–Crippen LogP) is 3.19. The zero-order valence-corrected chi connectivity index (χ0v) is 8.47. The summed E-state index contributed by atoms with van der Waals surface area (Å²) in [4.78, 5) is 1.98. The van der Waals surface area contributed by atoms with Crippen LogP contribution in [0.4, 0.5) is 18.9 Å². The summed E-state index contributed by atoms with van der Waals surface area (Å²) >= 11 is -0.333. The molecule has 0 saturated carbocycles. The molecule has 1 rings (SSSR count). The molecule has 0 saturated heterocycles. The molecule has 80 valence electrons. The largest absolute Gasteiger partial charge is 0.457 e. The summed E-state index contributed by atoms with van der Waals surface area (Å²) in [6.07, 6.45) is 0. The Kier molecular flexibility index (Phi) is 5.75. The second-order valence-electron chi connectivity index (χ2n) is 2.14. The highest BCUT2D eigenvalue weighted by Gasteiger charge is 2.28. The standard InChI is InChI=1S/C7H7F3N2S.ClH/c8-7(9,10)13-12-11-6-4-2-1-3-5-6;/h1-5,11-12H;1H. The molecule has 0 fully saturated rings. The molecule has 0 amide bonds. The molecule has 0 unspecified atom stereocenters. The molecule has 0 aliphatic rings. The number of hydrazine groups is 1. The Morgan fingerprint density at radius 1 is 1.07 bits per heavy atom. The average molecular weight is 245 g/mol. The van der Waals surface area contributed by atoms with E-state index in [1.165, 1.54) is 0 Å². The molecule has 1 aromatic rings. The van der Waals surface area contributed by atoms with Gasteiger partial charge in [-0.2, -0.15) is 18.0 Å². The van der Waals surface area contributed by atoms with Crippen molar-refractivity contribution in [3.05, 3.63) is 30.3 Å². The molecular weight excluding hydrogens is 237 g/mol. The Morgan fingerprint density at radius 3 is 2.14 bits per heavy atom. The third kappa shape index (κ3) is 5.95. The molecule has 7 heteroatoms. The van der Waals surface area contributed by atoms with E-state index in [9.17, 15) is 13.2 Å². The van der Waals surface area contributed by atoms with E-state index >= 15 is 0 Å². The maximum atomic E-state index is 11.6. The van der Waals surface area contributed by atoms with Gasteiger partial charge in [-0.3, -0.25) is 0 Å². The number of alkyl halides is 3. The lowest BCUT2D eigenvalue weighted by atomic mass is 10.3. The van der Waals surface area contributed by atoms with Crippen LogP contribution in [0, 0.1) is 0 Å². The summed E-state index contributed by atoms with van der Waals surface area (Å²) in [6, 6.07) is 8.54. The maximum Gasteiger partial charge on any atom is 0.457 e. The number of hydrogen-bond acceptors (Lipinski definition) is 3. The van der Waals surface area contributed by atoms with E-state index in [1.54, 1.807) is 30.3 Å². The smallest absolute Gasteiger partial charge is 0.312 e. The quantitative estimate of drug-likeness (QED) is 0.631. The Hall–Kier alpha value is -0.590. The molecular formula is C7H8ClF3N2S. The van der Waals surface area contributed by atoms with Gasteiger partial charge in [0.15, 0.2) is 0 Å². The Labute approximate surface area is 89.8 Å². The van der Waals surface area contributed by atoms with Gasteiger partial charge in [-0.1, -0.05) is 18.2 Å². The molecule has 0 bridgehead atoms. The minimum Gasteiger partial charge on any atom is -0.312 e. The van der Waals surface area contributed by atoms with Crippen LogP contribution in [-0.4, -0.2) is 5.51 Å². The van der Waals surface area contributed by atoms with Crippen molar-refractivity contribution in [2.24, 2.45) is 0 Å². The third-order valence-corrected chi connectivity index (χ3v) is 1.57. The Morgan fingerprint density at radius 2 is 1.64 bits per heavy atom. The van der Waals surface area contributed by atoms with Crippen LogP contribution in [0.5, 0.6) is 0 Å². The Balaban J connectivity index is 0.00000169. The van der Waals surface area contributed by atoms with Gasteiger partial charge in [-0.15, -0.1) is 12.4 Å². The topological polar surface area (TPSA) is 24.1 Å². The first kappa shape index (κ1) is 13.4. The summed E-state index contributed by atoms with van der Waals surface area (Å²) in [7, 11) is 0. The molecule has 1 aromatic carbocycles. The van der Waals surface area contributed by atoms with Crippen molar-refractivity contribution < 1.29 is 13.2 Å². The van der Waals surface area contributed by atoms with Gasteiger partial charge in [0.1, 0.15) is 0 Å². The second kappa shape index (κ2) is 6.00. The van der Waals surface area contributed by atoms with Gasteiger partial charge in [-0.25, -0.2) is 0 Å². The van der Waals surface area contributed by atoms with Crippen LogP contribution in [0.3, 0.4) is 0 Å². The highest BCUT2D eigenvalue weighted by Crippen LogP contribution is 2.27. The van der Waals surface area contributed by atoms with Crippen LogP contribution in [0.15, 0.2) is 30.3 Å². The molecule has 0 spiro atoms. The van der Waals surface area contributed by atoms with Crippen LogP contribution in [0.1, 0.15) is 0 Å². The molecule has 0 aliphatic heterocycles. The molecule has 2 nitrogen and oxygen atoms in total. The highest BCUT2D eigenvalue weighted by molar-refractivity contribution is 7.98. The fourth-order valence-electron chi connectivity index (χ4n) is 0.664. The number of nitrogens with one attached hydrogen (secondary N) is 2. The van der Waals surface area contributed by atoms with E-state index in [1.807, 2.05) is 4.83 Å². The van der Waals surface area contributed by atoms with Crippen LogP contribution >= 0.6 is 24.4 Å². The monoisotopic (exact) mass is 244 g/mol. The van der Waals surface area contributed by atoms with Gasteiger partial charge in [0.25, 0.3) is 0 Å². The number of para-hydroxylation sites is 1. The predicted molar refractivity (Wildman–Crippen MR) is 54.1 cm³/mol. The zero-order chi connectivity index (χ0) is 9.73. The van der Waals surface area contributed by atoms with Crippen molar-refractivity contribution in [2.45, 2.75) is 5.51 Å². The van der Waals surface area contributed by atoms with Gasteiger partial charge in [-0.05, 0) is 12.1 Å². The molecule has 0 radical (unpaired) electrons. The molecule has 0 atom stereocenters. The van der Waals surface area contributed by atoms with Crippen molar-refractivity contribution in [3.63, 3.8) is 0 Å². The van der Waals surface area contributed by atoms with Crippen LogP contribution in [0.2, 0.25) is 0 Å². The molecule has 0 aliphatic carbocycles. The number of rotatable bonds is 3. The molecule has 2 N–H and O–H groups in total.